The molecule has 0 radical (unpaired) electrons. The molecule has 0 saturated heterocycles. The molecule has 1 unspecified atom stereocenters. The lowest BCUT2D eigenvalue weighted by atomic mass is 10.3. The zero-order valence-corrected chi connectivity index (χ0v) is 14.6. The van der Waals surface area contributed by atoms with Crippen LogP contribution < -0.4 is 10.5 Å². The third-order valence-corrected chi connectivity index (χ3v) is 6.06. The van der Waals surface area contributed by atoms with Gasteiger partial charge >= 0.3 is 0 Å². The standard InChI is InChI=1S/C13H21BrN2O3S/c1-5-9(3)16(6-2)20(17,18)13-8-11(15)10(14)7-12(13)19-4/h7-9H,5-6,15H2,1-4H3. The molecular weight excluding hydrogens is 344 g/mol. The van der Waals surface area contributed by atoms with E-state index in [1.165, 1.54) is 17.5 Å². The Labute approximate surface area is 129 Å². The fourth-order valence-corrected chi connectivity index (χ4v) is 4.17. The lowest BCUT2D eigenvalue weighted by molar-refractivity contribution is 0.338. The molecule has 0 saturated carbocycles. The van der Waals surface area contributed by atoms with Crippen LogP contribution in [0.1, 0.15) is 27.2 Å². The summed E-state index contributed by atoms with van der Waals surface area (Å²) < 4.78 is 32.8. The number of benzene rings is 1. The number of anilines is 1. The van der Waals surface area contributed by atoms with Gasteiger partial charge in [-0.1, -0.05) is 13.8 Å². The van der Waals surface area contributed by atoms with E-state index in [0.29, 0.717) is 16.7 Å². The smallest absolute Gasteiger partial charge is 0.247 e. The molecule has 0 aliphatic rings. The van der Waals surface area contributed by atoms with Gasteiger partial charge < -0.3 is 10.5 Å². The Morgan fingerprint density at radius 1 is 1.40 bits per heavy atom. The van der Waals surface area contributed by atoms with Gasteiger partial charge in [-0.25, -0.2) is 8.42 Å². The summed E-state index contributed by atoms with van der Waals surface area (Å²) in [5.74, 6) is 0.285. The van der Waals surface area contributed by atoms with Gasteiger partial charge in [0, 0.05) is 22.7 Å². The molecule has 1 aromatic rings. The first kappa shape index (κ1) is 17.3. The van der Waals surface area contributed by atoms with Gasteiger partial charge in [-0.2, -0.15) is 4.31 Å². The van der Waals surface area contributed by atoms with Gasteiger partial charge in [0.1, 0.15) is 10.6 Å². The molecule has 0 amide bonds. The average Bonchev–Trinajstić information content (AvgIpc) is 2.41. The van der Waals surface area contributed by atoms with Crippen LogP contribution in [0.25, 0.3) is 0 Å². The van der Waals surface area contributed by atoms with E-state index in [-0.39, 0.29) is 16.7 Å². The number of nitrogens with two attached hydrogens (primary N) is 1. The first-order valence-corrected chi connectivity index (χ1v) is 8.67. The normalized spacial score (nSPS) is 13.5. The van der Waals surface area contributed by atoms with Gasteiger partial charge in [0.2, 0.25) is 10.0 Å². The Hall–Kier alpha value is -0.790. The Balaban J connectivity index is 3.44. The van der Waals surface area contributed by atoms with Crippen LogP contribution in [0.5, 0.6) is 5.75 Å². The van der Waals surface area contributed by atoms with Crippen molar-refractivity contribution in [2.75, 3.05) is 19.4 Å². The van der Waals surface area contributed by atoms with E-state index in [1.54, 1.807) is 6.07 Å². The summed E-state index contributed by atoms with van der Waals surface area (Å²) in [7, 11) is -2.20. The average molecular weight is 365 g/mol. The molecule has 2 N–H and O–H groups in total. The zero-order chi connectivity index (χ0) is 15.5. The van der Waals surface area contributed by atoms with E-state index in [2.05, 4.69) is 15.9 Å². The SMILES string of the molecule is CCC(C)N(CC)S(=O)(=O)c1cc(N)c(Br)cc1OC. The molecule has 0 heterocycles. The molecule has 0 aliphatic carbocycles. The zero-order valence-electron chi connectivity index (χ0n) is 12.2. The van der Waals surface area contributed by atoms with Crippen molar-refractivity contribution in [1.82, 2.24) is 4.31 Å². The van der Waals surface area contributed by atoms with Gasteiger partial charge in [0.25, 0.3) is 0 Å². The third-order valence-electron chi connectivity index (χ3n) is 3.26. The number of nitrogen functional groups attached to an aromatic ring is 1. The summed E-state index contributed by atoms with van der Waals surface area (Å²) in [6.45, 7) is 6.06. The largest absolute Gasteiger partial charge is 0.495 e. The minimum absolute atomic E-state index is 0.0837. The van der Waals surface area contributed by atoms with Crippen molar-refractivity contribution in [2.24, 2.45) is 0 Å². The first-order chi connectivity index (χ1) is 9.29. The number of rotatable bonds is 6. The van der Waals surface area contributed by atoms with Crippen LogP contribution in [0.15, 0.2) is 21.5 Å². The summed E-state index contributed by atoms with van der Waals surface area (Å²) in [5.41, 5.74) is 6.17. The highest BCUT2D eigenvalue weighted by Crippen LogP contribution is 2.34. The summed E-state index contributed by atoms with van der Waals surface area (Å²) in [6.07, 6.45) is 0.737. The monoisotopic (exact) mass is 364 g/mol. The van der Waals surface area contributed by atoms with Crippen LogP contribution in [0.2, 0.25) is 0 Å². The van der Waals surface area contributed by atoms with Crippen LogP contribution in [0, 0.1) is 0 Å². The van der Waals surface area contributed by atoms with Crippen molar-refractivity contribution >= 4 is 31.6 Å². The summed E-state index contributed by atoms with van der Waals surface area (Å²) >= 11 is 3.27. The number of hydrogen-bond donors (Lipinski definition) is 1. The van der Waals surface area contributed by atoms with Crippen LogP contribution in [-0.4, -0.2) is 32.4 Å². The second-order valence-corrected chi connectivity index (χ2v) is 7.20. The van der Waals surface area contributed by atoms with E-state index in [1.807, 2.05) is 20.8 Å². The van der Waals surface area contributed by atoms with E-state index in [4.69, 9.17) is 10.5 Å². The van der Waals surface area contributed by atoms with Crippen molar-refractivity contribution in [3.05, 3.63) is 16.6 Å². The second-order valence-electron chi connectivity index (χ2n) is 4.49. The highest BCUT2D eigenvalue weighted by Gasteiger charge is 2.30. The fourth-order valence-electron chi connectivity index (χ4n) is 1.96. The van der Waals surface area contributed by atoms with Crippen LogP contribution in [0.4, 0.5) is 5.69 Å². The molecule has 0 bridgehead atoms. The summed E-state index contributed by atoms with van der Waals surface area (Å²) in [6, 6.07) is 2.93. The summed E-state index contributed by atoms with van der Waals surface area (Å²) in [4.78, 5) is 0.0999. The molecule has 7 heteroatoms. The van der Waals surface area contributed by atoms with Gasteiger partial charge in [-0.15, -0.1) is 0 Å². The molecule has 1 rings (SSSR count). The first-order valence-electron chi connectivity index (χ1n) is 6.44. The highest BCUT2D eigenvalue weighted by atomic mass is 79.9. The van der Waals surface area contributed by atoms with Gasteiger partial charge in [0.15, 0.2) is 0 Å². The number of sulfonamides is 1. The van der Waals surface area contributed by atoms with Crippen LogP contribution >= 0.6 is 15.9 Å². The van der Waals surface area contributed by atoms with Gasteiger partial charge in [0.05, 0.1) is 7.11 Å². The van der Waals surface area contributed by atoms with Crippen molar-refractivity contribution in [3.63, 3.8) is 0 Å². The lowest BCUT2D eigenvalue weighted by Crippen LogP contribution is -2.38. The molecule has 0 fully saturated rings. The van der Waals surface area contributed by atoms with E-state index in [0.717, 1.165) is 6.42 Å². The van der Waals surface area contributed by atoms with E-state index in [9.17, 15) is 8.42 Å². The van der Waals surface area contributed by atoms with Gasteiger partial charge in [-0.3, -0.25) is 0 Å². The summed E-state index contributed by atoms with van der Waals surface area (Å²) in [5, 5.41) is 0. The molecule has 0 aromatic heterocycles. The molecular formula is C13H21BrN2O3S. The molecule has 5 nitrogen and oxygen atoms in total. The van der Waals surface area contributed by atoms with Crippen molar-refractivity contribution in [2.45, 2.75) is 38.1 Å². The topological polar surface area (TPSA) is 72.6 Å². The Morgan fingerprint density at radius 3 is 2.45 bits per heavy atom. The van der Waals surface area contributed by atoms with Crippen molar-refractivity contribution in [1.29, 1.82) is 0 Å². The number of halogens is 1. The maximum Gasteiger partial charge on any atom is 0.247 e. The van der Waals surface area contributed by atoms with Gasteiger partial charge in [-0.05, 0) is 41.4 Å². The van der Waals surface area contributed by atoms with E-state index < -0.39 is 10.0 Å². The minimum Gasteiger partial charge on any atom is -0.495 e. The number of methoxy groups -OCH3 is 1. The lowest BCUT2D eigenvalue weighted by Gasteiger charge is -2.27. The molecule has 20 heavy (non-hydrogen) atoms. The molecule has 114 valence electrons. The van der Waals surface area contributed by atoms with Crippen LogP contribution in [0.3, 0.4) is 0 Å². The molecule has 1 aromatic carbocycles. The molecule has 0 spiro atoms. The predicted molar refractivity (Wildman–Crippen MR) is 84.4 cm³/mol. The van der Waals surface area contributed by atoms with E-state index >= 15 is 0 Å². The van der Waals surface area contributed by atoms with Crippen molar-refractivity contribution in [3.8, 4) is 5.75 Å². The molecule has 0 aliphatic heterocycles. The number of nitrogens with zero attached hydrogens (tertiary/aromatic N) is 1. The maximum atomic E-state index is 12.8. The Kier molecular flexibility index (Phi) is 5.85. The fraction of sp³-hybridized carbons (Fsp3) is 0.538. The maximum absolute atomic E-state index is 12.8. The molecule has 1 atom stereocenters. The highest BCUT2D eigenvalue weighted by molar-refractivity contribution is 9.10. The number of hydrogen-bond acceptors (Lipinski definition) is 4. The third kappa shape index (κ3) is 3.27. The van der Waals surface area contributed by atoms with Crippen molar-refractivity contribution < 1.29 is 13.2 Å². The second kappa shape index (κ2) is 6.78. The quantitative estimate of drug-likeness (QED) is 0.787. The van der Waals surface area contributed by atoms with Crippen LogP contribution in [-0.2, 0) is 10.0 Å². The Morgan fingerprint density at radius 2 is 2.00 bits per heavy atom. The predicted octanol–water partition coefficient (Wildman–Crippen LogP) is 2.85. The minimum atomic E-state index is -3.64. The number of ether oxygens (including phenoxy) is 1. The Bertz CT molecular complexity index is 575.